The topological polar surface area (TPSA) is 55.1 Å². The third-order valence-corrected chi connectivity index (χ3v) is 3.58. The highest BCUT2D eigenvalue weighted by atomic mass is 35.5. The van der Waals surface area contributed by atoms with Gasteiger partial charge >= 0.3 is 0 Å². The summed E-state index contributed by atoms with van der Waals surface area (Å²) >= 11 is 5.83. The molecule has 1 amide bonds. The van der Waals surface area contributed by atoms with Crippen LogP contribution in [0.4, 0.5) is 10.1 Å². The summed E-state index contributed by atoms with van der Waals surface area (Å²) in [5.41, 5.74) is 5.96. The Morgan fingerprint density at radius 2 is 1.90 bits per heavy atom. The molecular weight excluding hydrogens is 291 g/mol. The molecule has 0 heterocycles. The van der Waals surface area contributed by atoms with Crippen molar-refractivity contribution in [3.8, 4) is 0 Å². The van der Waals surface area contributed by atoms with E-state index in [1.807, 2.05) is 0 Å². The predicted octanol–water partition coefficient (Wildman–Crippen LogP) is 3.73. The molecule has 0 radical (unpaired) electrons. The lowest BCUT2D eigenvalue weighted by Crippen LogP contribution is -2.41. The summed E-state index contributed by atoms with van der Waals surface area (Å²) in [6.45, 7) is 3.48. The molecule has 21 heavy (non-hydrogen) atoms. The van der Waals surface area contributed by atoms with Crippen molar-refractivity contribution in [1.29, 1.82) is 0 Å². The van der Waals surface area contributed by atoms with E-state index in [0.717, 1.165) is 0 Å². The highest BCUT2D eigenvalue weighted by molar-refractivity contribution is 6.33. The molecule has 110 valence electrons. The zero-order valence-corrected chi connectivity index (χ0v) is 12.5. The lowest BCUT2D eigenvalue weighted by molar-refractivity contribution is 0.0911. The molecule has 3 N–H and O–H groups in total. The first-order chi connectivity index (χ1) is 9.81. The third kappa shape index (κ3) is 3.34. The normalized spacial score (nSPS) is 11.2. The van der Waals surface area contributed by atoms with Crippen molar-refractivity contribution in [2.24, 2.45) is 0 Å². The number of carbonyl (C=O) groups is 1. The zero-order chi connectivity index (χ0) is 15.6. The van der Waals surface area contributed by atoms with Crippen molar-refractivity contribution in [2.75, 3.05) is 5.73 Å². The van der Waals surface area contributed by atoms with Crippen LogP contribution in [-0.4, -0.2) is 5.91 Å². The Morgan fingerprint density at radius 1 is 1.24 bits per heavy atom. The number of carbonyl (C=O) groups excluding carboxylic acids is 1. The summed E-state index contributed by atoms with van der Waals surface area (Å²) in [7, 11) is 0. The van der Waals surface area contributed by atoms with E-state index >= 15 is 0 Å². The molecule has 3 nitrogen and oxygen atoms in total. The molecule has 0 atom stereocenters. The number of hydrogen-bond donors (Lipinski definition) is 2. The molecule has 0 aliphatic carbocycles. The Morgan fingerprint density at radius 3 is 2.52 bits per heavy atom. The van der Waals surface area contributed by atoms with E-state index in [-0.39, 0.29) is 11.7 Å². The minimum Gasteiger partial charge on any atom is -0.398 e. The maximum Gasteiger partial charge on any atom is 0.252 e. The number of amides is 1. The molecule has 0 aliphatic heterocycles. The fourth-order valence-corrected chi connectivity index (χ4v) is 2.19. The van der Waals surface area contributed by atoms with Crippen LogP contribution >= 0.6 is 11.6 Å². The number of nitrogens with two attached hydrogens (primary N) is 1. The van der Waals surface area contributed by atoms with Gasteiger partial charge in [-0.25, -0.2) is 4.39 Å². The molecule has 2 aromatic carbocycles. The van der Waals surface area contributed by atoms with Crippen LogP contribution in [0, 0.1) is 5.82 Å². The molecule has 0 fully saturated rings. The van der Waals surface area contributed by atoms with Gasteiger partial charge in [-0.2, -0.15) is 0 Å². The van der Waals surface area contributed by atoms with Gasteiger partial charge in [-0.05, 0) is 38.1 Å². The average molecular weight is 307 g/mol. The Hall–Kier alpha value is -2.07. The van der Waals surface area contributed by atoms with Gasteiger partial charge in [0.05, 0.1) is 16.2 Å². The van der Waals surface area contributed by atoms with Gasteiger partial charge in [0.15, 0.2) is 0 Å². The van der Waals surface area contributed by atoms with E-state index in [0.29, 0.717) is 21.8 Å². The maximum absolute atomic E-state index is 13.9. The van der Waals surface area contributed by atoms with E-state index in [1.165, 1.54) is 12.1 Å². The zero-order valence-electron chi connectivity index (χ0n) is 11.8. The van der Waals surface area contributed by atoms with E-state index in [2.05, 4.69) is 5.32 Å². The number of nitrogens with one attached hydrogen (secondary N) is 1. The fourth-order valence-electron chi connectivity index (χ4n) is 2.08. The molecule has 2 aromatic rings. The third-order valence-electron chi connectivity index (χ3n) is 3.23. The second-order valence-electron chi connectivity index (χ2n) is 5.30. The van der Waals surface area contributed by atoms with Gasteiger partial charge in [-0.1, -0.05) is 29.8 Å². The first-order valence-electron chi connectivity index (χ1n) is 6.44. The van der Waals surface area contributed by atoms with Crippen molar-refractivity contribution in [3.63, 3.8) is 0 Å². The second kappa shape index (κ2) is 5.74. The minimum atomic E-state index is -0.850. The number of halogens is 2. The summed E-state index contributed by atoms with van der Waals surface area (Å²) in [6.07, 6.45) is 0. The largest absolute Gasteiger partial charge is 0.398 e. The van der Waals surface area contributed by atoms with Crippen molar-refractivity contribution < 1.29 is 9.18 Å². The van der Waals surface area contributed by atoms with Crippen LogP contribution in [0.25, 0.3) is 0 Å². The Bertz CT molecular complexity index is 686. The average Bonchev–Trinajstić information content (AvgIpc) is 2.41. The molecular formula is C16H16ClFN2O. The number of benzene rings is 2. The van der Waals surface area contributed by atoms with Crippen LogP contribution in [0.5, 0.6) is 0 Å². The quantitative estimate of drug-likeness (QED) is 0.849. The van der Waals surface area contributed by atoms with Gasteiger partial charge in [0.2, 0.25) is 0 Å². The van der Waals surface area contributed by atoms with Crippen molar-refractivity contribution in [3.05, 3.63) is 64.4 Å². The monoisotopic (exact) mass is 306 g/mol. The summed E-state index contributed by atoms with van der Waals surface area (Å²) in [5, 5.41) is 3.19. The minimum absolute atomic E-state index is 0.327. The number of nitrogen functional groups attached to an aromatic ring is 1. The van der Waals surface area contributed by atoms with Gasteiger partial charge in [0, 0.05) is 11.1 Å². The summed E-state index contributed by atoms with van der Waals surface area (Å²) in [5.74, 6) is -0.704. The smallest absolute Gasteiger partial charge is 0.252 e. The van der Waals surface area contributed by atoms with Gasteiger partial charge in [-0.3, -0.25) is 4.79 Å². The van der Waals surface area contributed by atoms with E-state index in [1.54, 1.807) is 44.2 Å². The second-order valence-corrected chi connectivity index (χ2v) is 5.70. The summed E-state index contributed by atoms with van der Waals surface area (Å²) < 4.78 is 13.9. The van der Waals surface area contributed by atoms with Crippen molar-refractivity contribution in [2.45, 2.75) is 19.4 Å². The maximum atomic E-state index is 13.9. The Kier molecular flexibility index (Phi) is 4.19. The molecule has 5 heteroatoms. The SMILES string of the molecule is CC(C)(NC(=O)c1ccc(Cl)c(N)c1)c1ccccc1F. The molecule has 0 aromatic heterocycles. The van der Waals surface area contributed by atoms with Crippen molar-refractivity contribution in [1.82, 2.24) is 5.32 Å². The lowest BCUT2D eigenvalue weighted by Gasteiger charge is -2.27. The van der Waals surface area contributed by atoms with Crippen LogP contribution in [0.2, 0.25) is 5.02 Å². The van der Waals surface area contributed by atoms with Gasteiger partial charge in [-0.15, -0.1) is 0 Å². The first kappa shape index (κ1) is 15.3. The van der Waals surface area contributed by atoms with Crippen LogP contribution in [0.3, 0.4) is 0 Å². The fraction of sp³-hybridized carbons (Fsp3) is 0.188. The Labute approximate surface area is 127 Å². The van der Waals surface area contributed by atoms with Gasteiger partial charge < -0.3 is 11.1 Å². The predicted molar refractivity (Wildman–Crippen MR) is 82.8 cm³/mol. The first-order valence-corrected chi connectivity index (χ1v) is 6.81. The highest BCUT2D eigenvalue weighted by Crippen LogP contribution is 2.24. The number of anilines is 1. The standard InChI is InChI=1S/C16H16ClFN2O/c1-16(2,11-5-3-4-6-13(11)18)20-15(21)10-7-8-12(17)14(19)9-10/h3-9H,19H2,1-2H3,(H,20,21). The summed E-state index contributed by atoms with van der Waals surface area (Å²) in [4.78, 5) is 12.3. The van der Waals surface area contributed by atoms with Crippen LogP contribution in [-0.2, 0) is 5.54 Å². The van der Waals surface area contributed by atoms with Crippen molar-refractivity contribution >= 4 is 23.2 Å². The van der Waals surface area contributed by atoms with Gasteiger partial charge in [0.1, 0.15) is 5.82 Å². The Balaban J connectivity index is 2.25. The molecule has 0 aliphatic rings. The van der Waals surface area contributed by atoms with E-state index < -0.39 is 5.54 Å². The molecule has 0 saturated heterocycles. The van der Waals surface area contributed by atoms with Crippen LogP contribution in [0.15, 0.2) is 42.5 Å². The molecule has 0 bridgehead atoms. The molecule has 0 saturated carbocycles. The van der Waals surface area contributed by atoms with Crippen LogP contribution in [0.1, 0.15) is 29.8 Å². The van der Waals surface area contributed by atoms with E-state index in [4.69, 9.17) is 17.3 Å². The molecule has 0 unspecified atom stereocenters. The number of rotatable bonds is 3. The lowest BCUT2D eigenvalue weighted by atomic mass is 9.93. The van der Waals surface area contributed by atoms with Crippen LogP contribution < -0.4 is 11.1 Å². The van der Waals surface area contributed by atoms with E-state index in [9.17, 15) is 9.18 Å². The molecule has 2 rings (SSSR count). The number of hydrogen-bond acceptors (Lipinski definition) is 2. The summed E-state index contributed by atoms with van der Waals surface area (Å²) in [6, 6.07) is 11.0. The highest BCUT2D eigenvalue weighted by Gasteiger charge is 2.26. The molecule has 0 spiro atoms. The van der Waals surface area contributed by atoms with Gasteiger partial charge in [0.25, 0.3) is 5.91 Å².